The summed E-state index contributed by atoms with van der Waals surface area (Å²) in [7, 11) is 0. The molecule has 0 bridgehead atoms. The van der Waals surface area contributed by atoms with E-state index in [0.29, 0.717) is 13.1 Å². The van der Waals surface area contributed by atoms with Crippen LogP contribution in [0.3, 0.4) is 0 Å². The van der Waals surface area contributed by atoms with Gasteiger partial charge in [0.05, 0.1) is 16.1 Å². The lowest BCUT2D eigenvalue weighted by Crippen LogP contribution is -2.63. The number of piperazine rings is 1. The molecule has 1 aliphatic heterocycles. The molecular formula is C14H18ClFN2O. The van der Waals surface area contributed by atoms with Gasteiger partial charge in [0, 0.05) is 19.1 Å². The first-order valence-electron chi connectivity index (χ1n) is 6.32. The first kappa shape index (κ1) is 14.3. The number of benzene rings is 1. The monoisotopic (exact) mass is 284 g/mol. The number of halogens is 2. The highest BCUT2D eigenvalue weighted by Crippen LogP contribution is 2.26. The Labute approximate surface area is 117 Å². The Balaban J connectivity index is 2.37. The van der Waals surface area contributed by atoms with Gasteiger partial charge in [-0.25, -0.2) is 4.39 Å². The zero-order valence-electron chi connectivity index (χ0n) is 11.3. The summed E-state index contributed by atoms with van der Waals surface area (Å²) < 4.78 is 13.9. The molecule has 0 aliphatic carbocycles. The summed E-state index contributed by atoms with van der Waals surface area (Å²) in [5.74, 6) is -0.916. The normalized spacial score (nSPS) is 22.4. The minimum Gasteiger partial charge on any atom is -0.331 e. The van der Waals surface area contributed by atoms with E-state index in [1.54, 1.807) is 4.90 Å². The Morgan fingerprint density at radius 1 is 1.53 bits per heavy atom. The van der Waals surface area contributed by atoms with Gasteiger partial charge in [-0.05, 0) is 32.9 Å². The van der Waals surface area contributed by atoms with Crippen LogP contribution >= 0.6 is 11.6 Å². The van der Waals surface area contributed by atoms with Gasteiger partial charge in [0.2, 0.25) is 0 Å². The largest absolute Gasteiger partial charge is 0.331 e. The molecule has 1 fully saturated rings. The predicted octanol–water partition coefficient (Wildman–Crippen LogP) is 2.69. The Morgan fingerprint density at radius 2 is 2.21 bits per heavy atom. The Hall–Kier alpha value is -1.13. The third-order valence-corrected chi connectivity index (χ3v) is 3.81. The molecule has 1 aromatic rings. The number of nitrogens with zero attached hydrogens (tertiary/aromatic N) is 1. The maximum atomic E-state index is 13.9. The number of carbonyl (C=O) groups excluding carboxylic acids is 1. The number of hydrogen-bond donors (Lipinski definition) is 1. The van der Waals surface area contributed by atoms with Crippen LogP contribution in [0, 0.1) is 5.82 Å². The molecule has 5 heteroatoms. The van der Waals surface area contributed by atoms with Crippen LogP contribution < -0.4 is 5.32 Å². The molecule has 1 saturated heterocycles. The summed E-state index contributed by atoms with van der Waals surface area (Å²) in [5, 5.41) is 3.48. The van der Waals surface area contributed by atoms with Crippen LogP contribution in [0.25, 0.3) is 0 Å². The van der Waals surface area contributed by atoms with Crippen LogP contribution in [0.5, 0.6) is 0 Å². The van der Waals surface area contributed by atoms with Crippen molar-refractivity contribution >= 4 is 17.5 Å². The van der Waals surface area contributed by atoms with Gasteiger partial charge in [0.1, 0.15) is 5.82 Å². The Morgan fingerprint density at radius 3 is 2.84 bits per heavy atom. The lowest BCUT2D eigenvalue weighted by Gasteiger charge is -2.45. The third-order valence-electron chi connectivity index (χ3n) is 3.49. The quantitative estimate of drug-likeness (QED) is 0.860. The predicted molar refractivity (Wildman–Crippen MR) is 74.0 cm³/mol. The van der Waals surface area contributed by atoms with E-state index < -0.39 is 5.82 Å². The molecule has 1 heterocycles. The van der Waals surface area contributed by atoms with Crippen LogP contribution in [0.2, 0.25) is 5.02 Å². The molecule has 1 unspecified atom stereocenters. The first-order valence-corrected chi connectivity index (χ1v) is 6.70. The molecule has 0 saturated carbocycles. The van der Waals surface area contributed by atoms with E-state index in [4.69, 9.17) is 11.6 Å². The van der Waals surface area contributed by atoms with Crippen molar-refractivity contribution < 1.29 is 9.18 Å². The van der Waals surface area contributed by atoms with Crippen molar-refractivity contribution in [1.82, 2.24) is 10.2 Å². The lowest BCUT2D eigenvalue weighted by atomic mass is 9.96. The summed E-state index contributed by atoms with van der Waals surface area (Å²) in [5.41, 5.74) is -0.402. The molecule has 1 aliphatic rings. The Bertz CT molecular complexity index is 484. The van der Waals surface area contributed by atoms with E-state index in [9.17, 15) is 9.18 Å². The average Bonchev–Trinajstić information content (AvgIpc) is 2.32. The highest BCUT2D eigenvalue weighted by Gasteiger charge is 2.37. The van der Waals surface area contributed by atoms with Gasteiger partial charge in [0.15, 0.2) is 0 Å². The van der Waals surface area contributed by atoms with Crippen LogP contribution in [0.15, 0.2) is 18.2 Å². The maximum absolute atomic E-state index is 13.9. The fourth-order valence-electron chi connectivity index (χ4n) is 2.30. The van der Waals surface area contributed by atoms with Crippen molar-refractivity contribution in [2.45, 2.75) is 32.4 Å². The van der Waals surface area contributed by atoms with E-state index in [2.05, 4.69) is 5.32 Å². The first-order chi connectivity index (χ1) is 8.83. The van der Waals surface area contributed by atoms with Gasteiger partial charge in [-0.15, -0.1) is 0 Å². The van der Waals surface area contributed by atoms with Crippen LogP contribution in [0.4, 0.5) is 4.39 Å². The topological polar surface area (TPSA) is 32.3 Å². The van der Waals surface area contributed by atoms with E-state index in [1.807, 2.05) is 20.8 Å². The van der Waals surface area contributed by atoms with Crippen molar-refractivity contribution in [2.24, 2.45) is 0 Å². The zero-order valence-corrected chi connectivity index (χ0v) is 12.1. The van der Waals surface area contributed by atoms with Gasteiger partial charge in [-0.3, -0.25) is 4.79 Å². The van der Waals surface area contributed by atoms with E-state index in [-0.39, 0.29) is 28.1 Å². The van der Waals surface area contributed by atoms with Crippen molar-refractivity contribution in [1.29, 1.82) is 0 Å². The van der Waals surface area contributed by atoms with E-state index in [1.165, 1.54) is 18.2 Å². The zero-order chi connectivity index (χ0) is 14.2. The fourth-order valence-corrected chi connectivity index (χ4v) is 2.54. The number of nitrogens with one attached hydrogen (secondary N) is 1. The maximum Gasteiger partial charge on any atom is 0.258 e. The highest BCUT2D eigenvalue weighted by atomic mass is 35.5. The summed E-state index contributed by atoms with van der Waals surface area (Å²) in [4.78, 5) is 14.3. The van der Waals surface area contributed by atoms with Crippen molar-refractivity contribution in [3.63, 3.8) is 0 Å². The summed E-state index contributed by atoms with van der Waals surface area (Å²) in [6, 6.07) is 4.48. The van der Waals surface area contributed by atoms with E-state index in [0.717, 1.165) is 0 Å². The Kier molecular flexibility index (Phi) is 3.83. The molecule has 1 amide bonds. The second-order valence-corrected chi connectivity index (χ2v) is 6.01. The van der Waals surface area contributed by atoms with Crippen molar-refractivity contribution in [3.05, 3.63) is 34.6 Å². The molecule has 0 aromatic heterocycles. The summed E-state index contributed by atoms with van der Waals surface area (Å²) in [6.07, 6.45) is 0. The third kappa shape index (κ3) is 2.74. The SMILES string of the molecule is CC1CN(C(=O)c2c(F)cccc2Cl)C(C)(C)CN1. The average molecular weight is 285 g/mol. The van der Waals surface area contributed by atoms with Gasteiger partial charge < -0.3 is 10.2 Å². The smallest absolute Gasteiger partial charge is 0.258 e. The molecule has 0 spiro atoms. The minimum atomic E-state index is -0.570. The van der Waals surface area contributed by atoms with Crippen molar-refractivity contribution in [3.8, 4) is 0 Å². The highest BCUT2D eigenvalue weighted by molar-refractivity contribution is 6.33. The molecule has 3 nitrogen and oxygen atoms in total. The molecule has 1 N–H and O–H groups in total. The number of rotatable bonds is 1. The van der Waals surface area contributed by atoms with Crippen molar-refractivity contribution in [2.75, 3.05) is 13.1 Å². The number of amides is 1. The van der Waals surface area contributed by atoms with Crippen LogP contribution in [-0.2, 0) is 0 Å². The fraction of sp³-hybridized carbons (Fsp3) is 0.500. The summed E-state index contributed by atoms with van der Waals surface area (Å²) in [6.45, 7) is 7.12. The van der Waals surface area contributed by atoms with Gasteiger partial charge in [-0.2, -0.15) is 0 Å². The molecular weight excluding hydrogens is 267 g/mol. The van der Waals surface area contributed by atoms with Crippen LogP contribution in [0.1, 0.15) is 31.1 Å². The van der Waals surface area contributed by atoms with Gasteiger partial charge in [-0.1, -0.05) is 17.7 Å². The van der Waals surface area contributed by atoms with Crippen LogP contribution in [-0.4, -0.2) is 35.5 Å². The number of carbonyl (C=O) groups is 1. The van der Waals surface area contributed by atoms with E-state index >= 15 is 0 Å². The molecule has 0 radical (unpaired) electrons. The lowest BCUT2D eigenvalue weighted by molar-refractivity contribution is 0.0407. The molecule has 104 valence electrons. The summed E-state index contributed by atoms with van der Waals surface area (Å²) >= 11 is 5.97. The molecule has 19 heavy (non-hydrogen) atoms. The molecule has 1 atom stereocenters. The second kappa shape index (κ2) is 5.10. The minimum absolute atomic E-state index is 0.0358. The second-order valence-electron chi connectivity index (χ2n) is 5.61. The van der Waals surface area contributed by atoms with Gasteiger partial charge >= 0.3 is 0 Å². The molecule has 1 aromatic carbocycles. The van der Waals surface area contributed by atoms with Gasteiger partial charge in [0.25, 0.3) is 5.91 Å². The molecule has 2 rings (SSSR count). The number of hydrogen-bond acceptors (Lipinski definition) is 2. The standard InChI is InChI=1S/C14H18ClFN2O/c1-9-7-18(14(2,3)8-17-9)13(19)12-10(15)5-4-6-11(12)16/h4-6,9,17H,7-8H2,1-3H3.